The first-order valence-electron chi connectivity index (χ1n) is 4.16. The van der Waals surface area contributed by atoms with Gasteiger partial charge < -0.3 is 16.2 Å². The van der Waals surface area contributed by atoms with Gasteiger partial charge in [0.25, 0.3) is 0 Å². The highest BCUT2D eigenvalue weighted by Gasteiger charge is 2.21. The molecule has 0 bridgehead atoms. The largest absolute Gasteiger partial charge is 0.489 e. The molecule has 0 aromatic heterocycles. The number of nitrogen functional groups attached to an aromatic ring is 2. The van der Waals surface area contributed by atoms with Gasteiger partial charge in [-0.05, 0) is 19.1 Å². The number of rotatable bonds is 0. The van der Waals surface area contributed by atoms with Gasteiger partial charge in [-0.25, -0.2) is 0 Å². The van der Waals surface area contributed by atoms with Gasteiger partial charge in [0.05, 0.1) is 10.6 Å². The summed E-state index contributed by atoms with van der Waals surface area (Å²) in [7, 11) is 0. The molecule has 1 aliphatic heterocycles. The van der Waals surface area contributed by atoms with Gasteiger partial charge >= 0.3 is 0 Å². The van der Waals surface area contributed by atoms with E-state index in [0.29, 0.717) is 17.5 Å². The standard InChI is InChI=1S/C9H12N2OS/c1-5-4-12-8-6(10)2-3-7(11)9(8)13-5/h2-3,5H,4,10-11H2,1H3. The lowest BCUT2D eigenvalue weighted by molar-refractivity contribution is 0.310. The molecule has 13 heavy (non-hydrogen) atoms. The molecular formula is C9H12N2OS. The highest BCUT2D eigenvalue weighted by molar-refractivity contribution is 8.00. The smallest absolute Gasteiger partial charge is 0.157 e. The predicted molar refractivity (Wildman–Crippen MR) is 56.1 cm³/mol. The van der Waals surface area contributed by atoms with E-state index < -0.39 is 0 Å². The minimum Gasteiger partial charge on any atom is -0.489 e. The molecule has 1 aliphatic rings. The number of ether oxygens (including phenoxy) is 1. The van der Waals surface area contributed by atoms with Crippen LogP contribution in [-0.4, -0.2) is 11.9 Å². The van der Waals surface area contributed by atoms with Crippen molar-refractivity contribution in [3.8, 4) is 5.75 Å². The molecule has 2 rings (SSSR count). The summed E-state index contributed by atoms with van der Waals surface area (Å²) in [6, 6.07) is 3.60. The summed E-state index contributed by atoms with van der Waals surface area (Å²) in [6.45, 7) is 2.81. The lowest BCUT2D eigenvalue weighted by Crippen LogP contribution is -2.17. The van der Waals surface area contributed by atoms with E-state index in [-0.39, 0.29) is 0 Å². The summed E-state index contributed by atoms with van der Waals surface area (Å²) < 4.78 is 5.52. The minimum atomic E-state index is 0.441. The van der Waals surface area contributed by atoms with Gasteiger partial charge in [-0.15, -0.1) is 11.8 Å². The Bertz CT molecular complexity index is 341. The third-order valence-corrected chi connectivity index (χ3v) is 3.15. The zero-order valence-corrected chi connectivity index (χ0v) is 8.23. The Morgan fingerprint density at radius 1 is 1.38 bits per heavy atom. The van der Waals surface area contributed by atoms with Crippen molar-refractivity contribution < 1.29 is 4.74 Å². The van der Waals surface area contributed by atoms with Crippen molar-refractivity contribution in [2.45, 2.75) is 17.1 Å². The van der Waals surface area contributed by atoms with Gasteiger partial charge in [0.1, 0.15) is 6.61 Å². The zero-order chi connectivity index (χ0) is 9.42. The molecule has 4 heteroatoms. The number of anilines is 2. The summed E-state index contributed by atoms with van der Waals surface area (Å²) in [6.07, 6.45) is 0. The molecule has 0 amide bonds. The van der Waals surface area contributed by atoms with E-state index in [4.69, 9.17) is 16.2 Å². The van der Waals surface area contributed by atoms with Crippen LogP contribution in [0.15, 0.2) is 17.0 Å². The molecule has 1 aromatic carbocycles. The van der Waals surface area contributed by atoms with E-state index in [1.54, 1.807) is 17.8 Å². The monoisotopic (exact) mass is 196 g/mol. The quantitative estimate of drug-likeness (QED) is 0.620. The van der Waals surface area contributed by atoms with Crippen LogP contribution in [0.3, 0.4) is 0 Å². The maximum atomic E-state index is 5.82. The van der Waals surface area contributed by atoms with Crippen LogP contribution in [0.5, 0.6) is 5.75 Å². The van der Waals surface area contributed by atoms with Gasteiger partial charge in [0.15, 0.2) is 5.75 Å². The first-order chi connectivity index (χ1) is 6.18. The fraction of sp³-hybridized carbons (Fsp3) is 0.333. The molecule has 3 nitrogen and oxygen atoms in total. The molecule has 0 saturated carbocycles. The maximum Gasteiger partial charge on any atom is 0.157 e. The van der Waals surface area contributed by atoms with Gasteiger partial charge in [0, 0.05) is 10.9 Å². The number of benzene rings is 1. The first-order valence-corrected chi connectivity index (χ1v) is 5.04. The molecule has 70 valence electrons. The summed E-state index contributed by atoms with van der Waals surface area (Å²) in [5.74, 6) is 0.753. The van der Waals surface area contributed by atoms with Crippen molar-refractivity contribution in [3.63, 3.8) is 0 Å². The fourth-order valence-corrected chi connectivity index (χ4v) is 2.33. The van der Waals surface area contributed by atoms with Crippen molar-refractivity contribution in [2.24, 2.45) is 0 Å². The Morgan fingerprint density at radius 3 is 2.85 bits per heavy atom. The summed E-state index contributed by atoms with van der Waals surface area (Å²) in [5, 5.41) is 0.441. The molecule has 0 radical (unpaired) electrons. The predicted octanol–water partition coefficient (Wildman–Crippen LogP) is 1.72. The highest BCUT2D eigenvalue weighted by Crippen LogP contribution is 2.44. The molecule has 1 atom stereocenters. The van der Waals surface area contributed by atoms with E-state index in [0.717, 1.165) is 16.3 Å². The third-order valence-electron chi connectivity index (χ3n) is 1.95. The molecule has 1 unspecified atom stereocenters. The summed E-state index contributed by atoms with van der Waals surface area (Å²) in [5.41, 5.74) is 13.0. The van der Waals surface area contributed by atoms with Gasteiger partial charge in [-0.2, -0.15) is 0 Å². The number of thioether (sulfide) groups is 1. The Balaban J connectivity index is 2.51. The second kappa shape index (κ2) is 3.03. The number of hydrogen-bond acceptors (Lipinski definition) is 4. The Labute approximate surface area is 81.4 Å². The molecule has 1 aromatic rings. The molecule has 0 aliphatic carbocycles. The Kier molecular flexibility index (Phi) is 2.00. The molecule has 4 N–H and O–H groups in total. The van der Waals surface area contributed by atoms with E-state index >= 15 is 0 Å². The van der Waals surface area contributed by atoms with Crippen LogP contribution in [0.25, 0.3) is 0 Å². The Morgan fingerprint density at radius 2 is 2.08 bits per heavy atom. The highest BCUT2D eigenvalue weighted by atomic mass is 32.2. The van der Waals surface area contributed by atoms with Crippen LogP contribution in [0, 0.1) is 0 Å². The van der Waals surface area contributed by atoms with Crippen LogP contribution in [0.1, 0.15) is 6.92 Å². The average Bonchev–Trinajstić information content (AvgIpc) is 2.12. The van der Waals surface area contributed by atoms with Crippen LogP contribution in [0.2, 0.25) is 0 Å². The van der Waals surface area contributed by atoms with Crippen LogP contribution < -0.4 is 16.2 Å². The van der Waals surface area contributed by atoms with E-state index in [2.05, 4.69) is 6.92 Å². The minimum absolute atomic E-state index is 0.441. The topological polar surface area (TPSA) is 61.3 Å². The van der Waals surface area contributed by atoms with Crippen molar-refractivity contribution in [1.29, 1.82) is 0 Å². The summed E-state index contributed by atoms with van der Waals surface area (Å²) in [4.78, 5) is 0.985. The van der Waals surface area contributed by atoms with Crippen molar-refractivity contribution in [1.82, 2.24) is 0 Å². The lowest BCUT2D eigenvalue weighted by atomic mass is 10.2. The van der Waals surface area contributed by atoms with Gasteiger partial charge in [-0.3, -0.25) is 0 Å². The normalized spacial score (nSPS) is 20.5. The van der Waals surface area contributed by atoms with Crippen LogP contribution in [0.4, 0.5) is 11.4 Å². The van der Waals surface area contributed by atoms with Crippen molar-refractivity contribution in [2.75, 3.05) is 18.1 Å². The van der Waals surface area contributed by atoms with E-state index in [9.17, 15) is 0 Å². The zero-order valence-electron chi connectivity index (χ0n) is 7.41. The van der Waals surface area contributed by atoms with E-state index in [1.165, 1.54) is 0 Å². The molecule has 1 heterocycles. The van der Waals surface area contributed by atoms with Crippen LogP contribution in [-0.2, 0) is 0 Å². The second-order valence-corrected chi connectivity index (χ2v) is 4.59. The molecule has 0 saturated heterocycles. The van der Waals surface area contributed by atoms with Crippen molar-refractivity contribution >= 4 is 23.1 Å². The molecular weight excluding hydrogens is 184 g/mol. The summed E-state index contributed by atoms with van der Waals surface area (Å²) >= 11 is 1.72. The first kappa shape index (κ1) is 8.56. The lowest BCUT2D eigenvalue weighted by Gasteiger charge is -2.24. The number of fused-ring (bicyclic) bond motifs is 1. The molecule has 0 fully saturated rings. The Hall–Kier alpha value is -1.03. The maximum absolute atomic E-state index is 5.82. The van der Waals surface area contributed by atoms with E-state index in [1.807, 2.05) is 6.07 Å². The SMILES string of the molecule is CC1COc2c(N)ccc(N)c2S1. The van der Waals surface area contributed by atoms with Crippen LogP contribution >= 0.6 is 11.8 Å². The number of hydrogen-bond donors (Lipinski definition) is 2. The third kappa shape index (κ3) is 1.42. The average molecular weight is 196 g/mol. The second-order valence-electron chi connectivity index (χ2n) is 3.14. The fourth-order valence-electron chi connectivity index (χ4n) is 1.30. The van der Waals surface area contributed by atoms with Crippen molar-refractivity contribution in [3.05, 3.63) is 12.1 Å². The number of nitrogens with two attached hydrogens (primary N) is 2. The van der Waals surface area contributed by atoms with Gasteiger partial charge in [-0.1, -0.05) is 0 Å². The van der Waals surface area contributed by atoms with Gasteiger partial charge in [0.2, 0.25) is 0 Å². The molecule has 0 spiro atoms.